The Morgan fingerprint density at radius 3 is 2.45 bits per heavy atom. The molecule has 0 heterocycles. The van der Waals surface area contributed by atoms with E-state index in [1.54, 1.807) is 0 Å². The van der Waals surface area contributed by atoms with E-state index in [9.17, 15) is 4.79 Å². The summed E-state index contributed by atoms with van der Waals surface area (Å²) in [5.74, 6) is 0.560. The van der Waals surface area contributed by atoms with Gasteiger partial charge in [-0.1, -0.05) is 56.0 Å². The molecule has 0 saturated heterocycles. The van der Waals surface area contributed by atoms with Crippen molar-refractivity contribution in [2.75, 3.05) is 0 Å². The van der Waals surface area contributed by atoms with Gasteiger partial charge in [0.05, 0.1) is 5.54 Å². The number of nitrogens with two attached hydrogens (primary N) is 1. The van der Waals surface area contributed by atoms with Crippen molar-refractivity contribution in [2.45, 2.75) is 69.4 Å². The van der Waals surface area contributed by atoms with Gasteiger partial charge in [-0.05, 0) is 37.2 Å². The number of rotatable bonds is 4. The summed E-state index contributed by atoms with van der Waals surface area (Å²) in [5, 5.41) is 3.40. The molecule has 1 amide bonds. The average Bonchev–Trinajstić information content (AvgIpc) is 2.94. The van der Waals surface area contributed by atoms with Crippen LogP contribution in [0.15, 0.2) is 30.3 Å². The molecule has 0 spiro atoms. The number of amides is 1. The van der Waals surface area contributed by atoms with Crippen LogP contribution in [0.25, 0.3) is 0 Å². The fourth-order valence-corrected chi connectivity index (χ4v) is 4.27. The Balaban J connectivity index is 1.71. The van der Waals surface area contributed by atoms with E-state index in [2.05, 4.69) is 29.6 Å². The molecule has 2 saturated carbocycles. The van der Waals surface area contributed by atoms with Gasteiger partial charge in [0.15, 0.2) is 0 Å². The van der Waals surface area contributed by atoms with E-state index in [0.29, 0.717) is 12.3 Å². The van der Waals surface area contributed by atoms with Gasteiger partial charge < -0.3 is 11.1 Å². The number of hydrogen-bond donors (Lipinski definition) is 2. The van der Waals surface area contributed by atoms with Gasteiger partial charge in [0, 0.05) is 12.5 Å². The zero-order valence-electron chi connectivity index (χ0n) is 13.4. The molecule has 0 aromatic heterocycles. The second-order valence-corrected chi connectivity index (χ2v) is 7.12. The van der Waals surface area contributed by atoms with Gasteiger partial charge >= 0.3 is 0 Å². The first kappa shape index (κ1) is 15.5. The molecule has 0 unspecified atom stereocenters. The Morgan fingerprint density at radius 2 is 1.82 bits per heavy atom. The summed E-state index contributed by atoms with van der Waals surface area (Å²) >= 11 is 0. The van der Waals surface area contributed by atoms with E-state index in [1.807, 2.05) is 6.07 Å². The van der Waals surface area contributed by atoms with Gasteiger partial charge in [-0.15, -0.1) is 0 Å². The van der Waals surface area contributed by atoms with Crippen molar-refractivity contribution in [1.29, 1.82) is 0 Å². The second kappa shape index (κ2) is 6.82. The van der Waals surface area contributed by atoms with Crippen LogP contribution in [0.5, 0.6) is 0 Å². The third-order valence-corrected chi connectivity index (χ3v) is 5.58. The van der Waals surface area contributed by atoms with Crippen molar-refractivity contribution >= 4 is 5.91 Å². The topological polar surface area (TPSA) is 55.1 Å². The standard InChI is InChI=1S/C19H28N2O/c20-17-11-7-8-15(17)14-18(22)21-19(12-5-2-6-13-19)16-9-3-1-4-10-16/h1,3-4,9-10,15,17H,2,5-8,11-14,20H2,(H,21,22)/t15-,17+/m0/s1. The van der Waals surface area contributed by atoms with Gasteiger partial charge in [0.25, 0.3) is 0 Å². The summed E-state index contributed by atoms with van der Waals surface area (Å²) in [4.78, 5) is 12.6. The molecule has 3 heteroatoms. The maximum Gasteiger partial charge on any atom is 0.221 e. The smallest absolute Gasteiger partial charge is 0.221 e. The summed E-state index contributed by atoms with van der Waals surface area (Å²) in [5.41, 5.74) is 7.23. The SMILES string of the molecule is N[C@@H]1CCC[C@H]1CC(=O)NC1(c2ccccc2)CCCCC1. The molecular formula is C19H28N2O. The van der Waals surface area contributed by atoms with Crippen LogP contribution in [0.2, 0.25) is 0 Å². The van der Waals surface area contributed by atoms with Crippen molar-refractivity contribution in [2.24, 2.45) is 11.7 Å². The quantitative estimate of drug-likeness (QED) is 0.894. The Bertz CT molecular complexity index is 493. The third-order valence-electron chi connectivity index (χ3n) is 5.58. The van der Waals surface area contributed by atoms with Crippen LogP contribution in [0.3, 0.4) is 0 Å². The minimum absolute atomic E-state index is 0.153. The first-order valence-corrected chi connectivity index (χ1v) is 8.82. The third kappa shape index (κ3) is 3.35. The molecular weight excluding hydrogens is 272 g/mol. The highest BCUT2D eigenvalue weighted by Gasteiger charge is 2.36. The molecule has 0 radical (unpaired) electrons. The van der Waals surface area contributed by atoms with E-state index in [1.165, 1.54) is 31.2 Å². The first-order chi connectivity index (χ1) is 10.7. The van der Waals surface area contributed by atoms with Crippen molar-refractivity contribution < 1.29 is 4.79 Å². The van der Waals surface area contributed by atoms with Crippen LogP contribution in [0, 0.1) is 5.92 Å². The summed E-state index contributed by atoms with van der Waals surface area (Å²) in [6.45, 7) is 0. The van der Waals surface area contributed by atoms with Gasteiger partial charge in [-0.2, -0.15) is 0 Å². The molecule has 22 heavy (non-hydrogen) atoms. The fourth-order valence-electron chi connectivity index (χ4n) is 4.27. The van der Waals surface area contributed by atoms with E-state index in [4.69, 9.17) is 5.73 Å². The molecule has 2 atom stereocenters. The van der Waals surface area contributed by atoms with E-state index in [0.717, 1.165) is 25.7 Å². The molecule has 3 N–H and O–H groups in total. The molecule has 3 nitrogen and oxygen atoms in total. The Hall–Kier alpha value is -1.35. The number of carbonyl (C=O) groups is 1. The Kier molecular flexibility index (Phi) is 4.82. The zero-order valence-corrected chi connectivity index (χ0v) is 13.4. The number of hydrogen-bond acceptors (Lipinski definition) is 2. The fraction of sp³-hybridized carbons (Fsp3) is 0.632. The van der Waals surface area contributed by atoms with Crippen LogP contribution in [0.1, 0.15) is 63.4 Å². The lowest BCUT2D eigenvalue weighted by Gasteiger charge is -2.39. The highest BCUT2D eigenvalue weighted by Crippen LogP contribution is 2.37. The van der Waals surface area contributed by atoms with Crippen molar-refractivity contribution in [3.8, 4) is 0 Å². The van der Waals surface area contributed by atoms with Gasteiger partial charge in [-0.3, -0.25) is 4.79 Å². The van der Waals surface area contributed by atoms with Gasteiger partial charge in [0.2, 0.25) is 5.91 Å². The van der Waals surface area contributed by atoms with Crippen molar-refractivity contribution in [1.82, 2.24) is 5.32 Å². The van der Waals surface area contributed by atoms with Crippen molar-refractivity contribution in [3.05, 3.63) is 35.9 Å². The lowest BCUT2D eigenvalue weighted by molar-refractivity contribution is -0.124. The zero-order chi connectivity index (χ0) is 15.4. The predicted molar refractivity (Wildman–Crippen MR) is 89.3 cm³/mol. The van der Waals surface area contributed by atoms with Crippen LogP contribution in [-0.4, -0.2) is 11.9 Å². The number of carbonyl (C=O) groups excluding carboxylic acids is 1. The summed E-state index contributed by atoms with van der Waals surface area (Å²) in [6.07, 6.45) is 9.71. The number of nitrogens with one attached hydrogen (secondary N) is 1. The second-order valence-electron chi connectivity index (χ2n) is 7.12. The molecule has 1 aromatic rings. The predicted octanol–water partition coefficient (Wildman–Crippen LogP) is 3.48. The van der Waals surface area contributed by atoms with Crippen LogP contribution in [-0.2, 0) is 10.3 Å². The first-order valence-electron chi connectivity index (χ1n) is 8.82. The van der Waals surface area contributed by atoms with Crippen LogP contribution < -0.4 is 11.1 Å². The summed E-state index contributed by atoms with van der Waals surface area (Å²) < 4.78 is 0. The molecule has 120 valence electrons. The maximum atomic E-state index is 12.6. The Labute approximate surface area is 133 Å². The lowest BCUT2D eigenvalue weighted by atomic mass is 9.76. The average molecular weight is 300 g/mol. The highest BCUT2D eigenvalue weighted by molar-refractivity contribution is 5.77. The monoisotopic (exact) mass is 300 g/mol. The Morgan fingerprint density at radius 1 is 1.09 bits per heavy atom. The van der Waals surface area contributed by atoms with Crippen LogP contribution in [0.4, 0.5) is 0 Å². The number of benzene rings is 1. The van der Waals surface area contributed by atoms with E-state index >= 15 is 0 Å². The van der Waals surface area contributed by atoms with E-state index < -0.39 is 0 Å². The molecule has 2 aliphatic rings. The molecule has 3 rings (SSSR count). The highest BCUT2D eigenvalue weighted by atomic mass is 16.1. The van der Waals surface area contributed by atoms with Crippen LogP contribution >= 0.6 is 0 Å². The maximum absolute atomic E-state index is 12.6. The molecule has 2 aliphatic carbocycles. The van der Waals surface area contributed by atoms with E-state index in [-0.39, 0.29) is 17.5 Å². The largest absolute Gasteiger partial charge is 0.347 e. The minimum Gasteiger partial charge on any atom is -0.347 e. The van der Waals surface area contributed by atoms with Gasteiger partial charge in [0.1, 0.15) is 0 Å². The van der Waals surface area contributed by atoms with Gasteiger partial charge in [-0.25, -0.2) is 0 Å². The molecule has 0 bridgehead atoms. The molecule has 2 fully saturated rings. The normalized spacial score (nSPS) is 27.5. The summed E-state index contributed by atoms with van der Waals surface area (Å²) in [6, 6.07) is 10.7. The van der Waals surface area contributed by atoms with Crippen molar-refractivity contribution in [3.63, 3.8) is 0 Å². The summed E-state index contributed by atoms with van der Waals surface area (Å²) in [7, 11) is 0. The lowest BCUT2D eigenvalue weighted by Crippen LogP contribution is -2.48. The molecule has 0 aliphatic heterocycles. The molecule has 1 aromatic carbocycles. The minimum atomic E-state index is -0.153.